The molecule has 0 fully saturated rings. The van der Waals surface area contributed by atoms with Gasteiger partial charge in [0.05, 0.1) is 0 Å². The monoisotopic (exact) mass is 500 g/mol. The van der Waals surface area contributed by atoms with Crippen LogP contribution in [0.15, 0.2) is 48.5 Å². The molecule has 0 saturated carbocycles. The van der Waals surface area contributed by atoms with Gasteiger partial charge in [0.2, 0.25) is 0 Å². The van der Waals surface area contributed by atoms with Crippen molar-refractivity contribution >= 4 is 15.2 Å². The summed E-state index contributed by atoms with van der Waals surface area (Å²) in [6.07, 6.45) is -0.399. The number of hydrogen-bond donors (Lipinski definition) is 4. The van der Waals surface area contributed by atoms with Crippen LogP contribution in [0.2, 0.25) is 0 Å². The number of hydrogen-bond acceptors (Lipinski definition) is 6. The molecule has 0 bridgehead atoms. The minimum absolute atomic E-state index is 0.260. The molecule has 1 aliphatic rings. The lowest BCUT2D eigenvalue weighted by atomic mass is 10.2. The summed E-state index contributed by atoms with van der Waals surface area (Å²) in [6, 6.07) is 14.6. The zero-order valence-electron chi connectivity index (χ0n) is 18.2. The first-order chi connectivity index (χ1) is 15.6. The van der Waals surface area contributed by atoms with Crippen molar-refractivity contribution in [2.75, 3.05) is 38.9 Å². The van der Waals surface area contributed by atoms with E-state index in [1.54, 1.807) is 21.9 Å². The first-order valence-corrected chi connectivity index (χ1v) is 14.1. The zero-order valence-corrected chi connectivity index (χ0v) is 20.0. The van der Waals surface area contributed by atoms with Crippen molar-refractivity contribution in [1.29, 1.82) is 0 Å². The predicted molar refractivity (Wildman–Crippen MR) is 123 cm³/mol. The summed E-state index contributed by atoms with van der Waals surface area (Å²) in [5, 5.41) is 0. The Morgan fingerprint density at radius 2 is 1.09 bits per heavy atom. The lowest BCUT2D eigenvalue weighted by molar-refractivity contribution is 0.210. The second kappa shape index (κ2) is 11.6. The molecule has 0 amide bonds. The van der Waals surface area contributed by atoms with Crippen LogP contribution in [0.5, 0.6) is 11.5 Å². The van der Waals surface area contributed by atoms with Crippen LogP contribution in [0.1, 0.15) is 17.5 Å². The maximum Gasteiger partial charge on any atom is 0.339 e. The normalized spacial score (nSPS) is 17.6. The molecule has 0 unspecified atom stereocenters. The minimum Gasteiger partial charge on any atom is -0.490 e. The van der Waals surface area contributed by atoms with Crippen molar-refractivity contribution in [3.8, 4) is 11.5 Å². The number of para-hydroxylation sites is 2. The third-order valence-electron chi connectivity index (χ3n) is 5.05. The maximum atomic E-state index is 11.7. The Bertz CT molecular complexity index is 930. The molecule has 182 valence electrons. The Balaban J connectivity index is 1.87. The molecule has 0 spiro atoms. The summed E-state index contributed by atoms with van der Waals surface area (Å²) in [4.78, 5) is 41.5. The van der Waals surface area contributed by atoms with Crippen molar-refractivity contribution in [3.05, 3.63) is 59.7 Å². The molecule has 33 heavy (non-hydrogen) atoms. The van der Waals surface area contributed by atoms with E-state index in [-0.39, 0.29) is 26.3 Å². The van der Waals surface area contributed by atoms with E-state index in [4.69, 9.17) is 9.47 Å². The fraction of sp³-hybridized carbons (Fsp3) is 0.429. The third kappa shape index (κ3) is 9.20. The van der Waals surface area contributed by atoms with E-state index in [9.17, 15) is 28.7 Å². The highest BCUT2D eigenvalue weighted by Crippen LogP contribution is 2.37. The van der Waals surface area contributed by atoms with Crippen LogP contribution in [-0.4, -0.2) is 68.2 Å². The fourth-order valence-corrected chi connectivity index (χ4v) is 5.30. The van der Waals surface area contributed by atoms with E-state index in [1.165, 1.54) is 0 Å². The average Bonchev–Trinajstić information content (AvgIpc) is 2.71. The lowest BCUT2D eigenvalue weighted by Gasteiger charge is -2.27. The summed E-state index contributed by atoms with van der Waals surface area (Å²) < 4.78 is 35.2. The second-order valence-electron chi connectivity index (χ2n) is 7.98. The van der Waals surface area contributed by atoms with E-state index < -0.39 is 27.8 Å². The van der Waals surface area contributed by atoms with Crippen LogP contribution in [0.3, 0.4) is 0 Å². The molecule has 0 aliphatic carbocycles. The summed E-state index contributed by atoms with van der Waals surface area (Å²) >= 11 is 0. The minimum atomic E-state index is -4.31. The lowest BCUT2D eigenvalue weighted by Crippen LogP contribution is -2.31. The Labute approximate surface area is 193 Å². The van der Waals surface area contributed by atoms with Gasteiger partial charge in [-0.1, -0.05) is 36.4 Å². The van der Waals surface area contributed by atoms with Gasteiger partial charge in [-0.2, -0.15) is 0 Å². The highest BCUT2D eigenvalue weighted by Gasteiger charge is 2.23. The molecule has 10 nitrogen and oxygen atoms in total. The van der Waals surface area contributed by atoms with Crippen LogP contribution in [0.4, 0.5) is 0 Å². The molecular weight excluding hydrogens is 470 g/mol. The summed E-state index contributed by atoms with van der Waals surface area (Å²) in [5.74, 6) is 1.23. The highest BCUT2D eigenvalue weighted by molar-refractivity contribution is 7.51. The van der Waals surface area contributed by atoms with Crippen LogP contribution >= 0.6 is 15.2 Å². The first-order valence-electron chi connectivity index (χ1n) is 10.5. The summed E-state index contributed by atoms with van der Waals surface area (Å²) in [7, 11) is -8.62. The van der Waals surface area contributed by atoms with Crippen molar-refractivity contribution in [3.63, 3.8) is 0 Å². The summed E-state index contributed by atoms with van der Waals surface area (Å²) in [5.41, 5.74) is 1.57. The highest BCUT2D eigenvalue weighted by atomic mass is 31.2. The predicted octanol–water partition coefficient (Wildman–Crippen LogP) is 2.42. The number of ether oxygens (including phenoxy) is 2. The molecule has 0 saturated heterocycles. The number of benzene rings is 2. The van der Waals surface area contributed by atoms with Crippen LogP contribution in [0, 0.1) is 0 Å². The van der Waals surface area contributed by atoms with Gasteiger partial charge in [-0.15, -0.1) is 0 Å². The molecule has 0 atom stereocenters. The van der Waals surface area contributed by atoms with Crippen molar-refractivity contribution < 1.29 is 38.2 Å². The molecule has 2 aromatic carbocycles. The standard InChI is InChI=1S/C21H30N2O8P2/c24-32(25,26)16-22-10-5-11-23(17-33(27,28)29)15-19-7-2-4-9-21(19)31-13-12-30-20-8-3-1-6-18(20)14-22/h1-4,6-9H,5,10-17H2,(H2,24,25,26)(H2,27,28,29). The zero-order chi connectivity index (χ0) is 23.9. The number of rotatable bonds is 4. The largest absolute Gasteiger partial charge is 0.490 e. The van der Waals surface area contributed by atoms with Gasteiger partial charge in [0.15, 0.2) is 0 Å². The van der Waals surface area contributed by atoms with Crippen molar-refractivity contribution in [1.82, 2.24) is 9.80 Å². The van der Waals surface area contributed by atoms with Crippen molar-refractivity contribution in [2.45, 2.75) is 19.5 Å². The Hall–Kier alpha value is -1.74. The van der Waals surface area contributed by atoms with E-state index in [1.807, 2.05) is 36.4 Å². The molecule has 2 aromatic rings. The SMILES string of the molecule is O=P(O)(O)CN1CCCN(CP(=O)(O)O)Cc2ccccc2OCCOc2ccccc2C1. The Morgan fingerprint density at radius 3 is 1.48 bits per heavy atom. The Kier molecular flexibility index (Phi) is 9.09. The van der Waals surface area contributed by atoms with Crippen molar-refractivity contribution in [2.24, 2.45) is 0 Å². The second-order valence-corrected chi connectivity index (χ2v) is 11.2. The Morgan fingerprint density at radius 1 is 0.697 bits per heavy atom. The van der Waals surface area contributed by atoms with Gasteiger partial charge < -0.3 is 29.0 Å². The van der Waals surface area contributed by atoms with Gasteiger partial charge in [0.25, 0.3) is 0 Å². The molecule has 3 rings (SSSR count). The van der Waals surface area contributed by atoms with Gasteiger partial charge in [-0.3, -0.25) is 18.9 Å². The number of nitrogens with zero attached hydrogens (tertiary/aromatic N) is 2. The van der Waals surface area contributed by atoms with E-state index >= 15 is 0 Å². The topological polar surface area (TPSA) is 140 Å². The molecule has 0 aromatic heterocycles. The molecule has 0 radical (unpaired) electrons. The smallest absolute Gasteiger partial charge is 0.339 e. The molecule has 1 aliphatic heterocycles. The number of fused-ring (bicyclic) bond motifs is 2. The van der Waals surface area contributed by atoms with Gasteiger partial charge in [0, 0.05) is 37.3 Å². The quantitative estimate of drug-likeness (QED) is 0.463. The summed E-state index contributed by atoms with van der Waals surface area (Å²) in [6.45, 7) is 1.71. The van der Waals surface area contributed by atoms with Gasteiger partial charge in [0.1, 0.15) is 37.3 Å². The molecular formula is C21H30N2O8P2. The van der Waals surface area contributed by atoms with E-state index in [0.29, 0.717) is 31.0 Å². The van der Waals surface area contributed by atoms with E-state index in [0.717, 1.165) is 11.1 Å². The average molecular weight is 500 g/mol. The fourth-order valence-electron chi connectivity index (χ4n) is 3.77. The van der Waals surface area contributed by atoms with Crippen LogP contribution in [-0.2, 0) is 22.2 Å². The molecule has 1 heterocycles. The van der Waals surface area contributed by atoms with E-state index in [2.05, 4.69) is 0 Å². The van der Waals surface area contributed by atoms with Gasteiger partial charge >= 0.3 is 15.2 Å². The maximum absolute atomic E-state index is 11.7. The van der Waals surface area contributed by atoms with Crippen LogP contribution in [0.25, 0.3) is 0 Å². The molecule has 12 heteroatoms. The third-order valence-corrected chi connectivity index (χ3v) is 6.59. The van der Waals surface area contributed by atoms with Gasteiger partial charge in [-0.25, -0.2) is 0 Å². The van der Waals surface area contributed by atoms with Crippen LogP contribution < -0.4 is 9.47 Å². The van der Waals surface area contributed by atoms with Gasteiger partial charge in [-0.05, 0) is 18.6 Å². The first kappa shape index (κ1) is 25.9. The molecule has 4 N–H and O–H groups in total.